The number of aromatic nitrogens is 3. The maximum absolute atomic E-state index is 12.4. The van der Waals surface area contributed by atoms with Gasteiger partial charge in [0.15, 0.2) is 11.9 Å². The number of carbonyl (C=O) groups excluding carboxylic acids is 1. The van der Waals surface area contributed by atoms with Crippen molar-refractivity contribution in [1.82, 2.24) is 14.8 Å². The Morgan fingerprint density at radius 2 is 1.96 bits per heavy atom. The van der Waals surface area contributed by atoms with Gasteiger partial charge < -0.3 is 10.2 Å². The van der Waals surface area contributed by atoms with Gasteiger partial charge in [0.05, 0.1) is 0 Å². The van der Waals surface area contributed by atoms with Gasteiger partial charge in [0.1, 0.15) is 5.71 Å². The predicted octanol–water partition coefficient (Wildman–Crippen LogP) is 2.98. The molecular formula is C20H19N5O2. The lowest BCUT2D eigenvalue weighted by atomic mass is 10.0. The van der Waals surface area contributed by atoms with Gasteiger partial charge in [-0.1, -0.05) is 35.5 Å². The van der Waals surface area contributed by atoms with Crippen molar-refractivity contribution in [3.05, 3.63) is 78.2 Å². The van der Waals surface area contributed by atoms with Crippen LogP contribution in [0.1, 0.15) is 23.7 Å². The minimum absolute atomic E-state index is 0.218. The summed E-state index contributed by atoms with van der Waals surface area (Å²) in [5.74, 6) is 0.216. The number of amides is 1. The lowest BCUT2D eigenvalue weighted by Gasteiger charge is -2.07. The van der Waals surface area contributed by atoms with Crippen molar-refractivity contribution in [1.29, 1.82) is 0 Å². The number of oxime groups is 1. The first-order valence-corrected chi connectivity index (χ1v) is 8.79. The second kappa shape index (κ2) is 7.82. The van der Waals surface area contributed by atoms with E-state index in [2.05, 4.69) is 20.6 Å². The Hall–Kier alpha value is -3.48. The number of nitrogens with one attached hydrogen (secondary N) is 1. The highest BCUT2D eigenvalue weighted by molar-refractivity contribution is 6.43. The molecule has 4 rings (SSSR count). The molecule has 0 spiro atoms. The monoisotopic (exact) mass is 361 g/mol. The molecule has 0 saturated carbocycles. The fraction of sp³-hybridized carbons (Fsp3) is 0.200. The van der Waals surface area contributed by atoms with Crippen molar-refractivity contribution in [2.24, 2.45) is 5.16 Å². The molecule has 0 saturated heterocycles. The van der Waals surface area contributed by atoms with E-state index in [1.54, 1.807) is 23.1 Å². The third kappa shape index (κ3) is 4.20. The molecule has 1 aromatic carbocycles. The third-order valence-electron chi connectivity index (χ3n) is 4.36. The molecule has 7 heteroatoms. The van der Waals surface area contributed by atoms with Crippen LogP contribution in [0.5, 0.6) is 0 Å². The number of rotatable bonds is 6. The maximum atomic E-state index is 12.4. The molecule has 3 heterocycles. The summed E-state index contributed by atoms with van der Waals surface area (Å²) in [5.41, 5.74) is 2.56. The highest BCUT2D eigenvalue weighted by atomic mass is 16.6. The topological polar surface area (TPSA) is 81.4 Å². The molecule has 1 amide bonds. The van der Waals surface area contributed by atoms with Crippen LogP contribution in [-0.4, -0.2) is 26.4 Å². The zero-order valence-electron chi connectivity index (χ0n) is 14.7. The summed E-state index contributed by atoms with van der Waals surface area (Å²) < 4.78 is 1.80. The molecule has 2 aromatic heterocycles. The van der Waals surface area contributed by atoms with Crippen LogP contribution in [0.4, 0.5) is 5.82 Å². The van der Waals surface area contributed by atoms with E-state index in [9.17, 15) is 4.79 Å². The SMILES string of the molecule is O=C(Nc1ccn(CCc2ccncc2)n1)C1=NO[C@H](c2ccccc2)C1. The zero-order chi connectivity index (χ0) is 18.5. The summed E-state index contributed by atoms with van der Waals surface area (Å²) >= 11 is 0. The minimum Gasteiger partial charge on any atom is -0.387 e. The lowest BCUT2D eigenvalue weighted by Crippen LogP contribution is -2.22. The summed E-state index contributed by atoms with van der Waals surface area (Å²) in [6, 6.07) is 15.5. The van der Waals surface area contributed by atoms with Crippen LogP contribution in [0, 0.1) is 0 Å². The van der Waals surface area contributed by atoms with Crippen molar-refractivity contribution in [2.45, 2.75) is 25.5 Å². The van der Waals surface area contributed by atoms with Gasteiger partial charge in [0.2, 0.25) is 0 Å². The van der Waals surface area contributed by atoms with Crippen LogP contribution in [0.15, 0.2) is 72.3 Å². The third-order valence-corrected chi connectivity index (χ3v) is 4.36. The molecule has 0 bridgehead atoms. The molecule has 136 valence electrons. The van der Waals surface area contributed by atoms with Crippen molar-refractivity contribution in [3.63, 3.8) is 0 Å². The summed E-state index contributed by atoms with van der Waals surface area (Å²) in [4.78, 5) is 21.8. The Bertz CT molecular complexity index is 937. The fourth-order valence-corrected chi connectivity index (χ4v) is 2.89. The Labute approximate surface area is 156 Å². The van der Waals surface area contributed by atoms with E-state index in [4.69, 9.17) is 4.84 Å². The van der Waals surface area contributed by atoms with Crippen LogP contribution in [0.25, 0.3) is 0 Å². The van der Waals surface area contributed by atoms with E-state index < -0.39 is 0 Å². The first-order chi connectivity index (χ1) is 13.3. The van der Waals surface area contributed by atoms with E-state index in [0.29, 0.717) is 18.0 Å². The van der Waals surface area contributed by atoms with Gasteiger partial charge in [-0.3, -0.25) is 14.5 Å². The first-order valence-electron chi connectivity index (χ1n) is 8.79. The van der Waals surface area contributed by atoms with Crippen LogP contribution < -0.4 is 5.32 Å². The molecule has 1 aliphatic heterocycles. The maximum Gasteiger partial charge on any atom is 0.274 e. The van der Waals surface area contributed by atoms with Crippen LogP contribution in [-0.2, 0) is 22.6 Å². The first kappa shape index (κ1) is 17.0. The van der Waals surface area contributed by atoms with E-state index in [1.165, 1.54) is 5.56 Å². The normalized spacial score (nSPS) is 15.9. The molecule has 0 radical (unpaired) electrons. The number of aryl methyl sites for hydroxylation is 2. The minimum atomic E-state index is -0.284. The number of hydrogen-bond donors (Lipinski definition) is 1. The van der Waals surface area contributed by atoms with Gasteiger partial charge in [-0.2, -0.15) is 5.10 Å². The Morgan fingerprint density at radius 1 is 1.15 bits per heavy atom. The lowest BCUT2D eigenvalue weighted by molar-refractivity contribution is -0.110. The molecule has 0 fully saturated rings. The number of benzene rings is 1. The predicted molar refractivity (Wildman–Crippen MR) is 101 cm³/mol. The highest BCUT2D eigenvalue weighted by Gasteiger charge is 2.27. The number of carbonyl (C=O) groups is 1. The van der Waals surface area contributed by atoms with Crippen LogP contribution in [0.2, 0.25) is 0 Å². The summed E-state index contributed by atoms with van der Waals surface area (Å²) in [6.45, 7) is 0.722. The largest absolute Gasteiger partial charge is 0.387 e. The van der Waals surface area contributed by atoms with Crippen molar-refractivity contribution >= 4 is 17.4 Å². The van der Waals surface area contributed by atoms with Crippen molar-refractivity contribution in [2.75, 3.05) is 5.32 Å². The van der Waals surface area contributed by atoms with Gasteiger partial charge in [0, 0.05) is 37.6 Å². The molecule has 1 atom stereocenters. The fourth-order valence-electron chi connectivity index (χ4n) is 2.89. The highest BCUT2D eigenvalue weighted by Crippen LogP contribution is 2.27. The number of pyridine rings is 1. The standard InChI is InChI=1S/C20H19N5O2/c26-20(17-14-18(27-24-17)16-4-2-1-3-5-16)22-19-9-13-25(23-19)12-8-15-6-10-21-11-7-15/h1-7,9-11,13,18H,8,12,14H2,(H,22,23,26)/t18-/m0/s1. The number of nitrogens with zero attached hydrogens (tertiary/aromatic N) is 4. The summed E-state index contributed by atoms with van der Waals surface area (Å²) in [6.07, 6.45) is 6.46. The number of anilines is 1. The van der Waals surface area contributed by atoms with Gasteiger partial charge >= 0.3 is 0 Å². The molecule has 1 aliphatic rings. The second-order valence-electron chi connectivity index (χ2n) is 6.27. The van der Waals surface area contributed by atoms with E-state index in [-0.39, 0.29) is 12.0 Å². The summed E-state index contributed by atoms with van der Waals surface area (Å²) in [5, 5.41) is 11.1. The van der Waals surface area contributed by atoms with Gasteiger partial charge in [-0.15, -0.1) is 0 Å². The molecule has 1 N–H and O–H groups in total. The molecule has 27 heavy (non-hydrogen) atoms. The Morgan fingerprint density at radius 3 is 2.78 bits per heavy atom. The molecule has 0 aliphatic carbocycles. The van der Waals surface area contributed by atoms with Crippen LogP contribution >= 0.6 is 0 Å². The Kier molecular flexibility index (Phi) is 4.91. The smallest absolute Gasteiger partial charge is 0.274 e. The average molecular weight is 361 g/mol. The quantitative estimate of drug-likeness (QED) is 0.732. The molecule has 3 aromatic rings. The molecule has 7 nitrogen and oxygen atoms in total. The molecule has 0 unspecified atom stereocenters. The van der Waals surface area contributed by atoms with E-state index in [0.717, 1.165) is 18.5 Å². The molecular weight excluding hydrogens is 342 g/mol. The summed E-state index contributed by atoms with van der Waals surface area (Å²) in [7, 11) is 0. The Balaban J connectivity index is 1.31. The zero-order valence-corrected chi connectivity index (χ0v) is 14.7. The van der Waals surface area contributed by atoms with Crippen molar-refractivity contribution < 1.29 is 9.63 Å². The van der Waals surface area contributed by atoms with Gasteiger partial charge in [-0.25, -0.2) is 0 Å². The van der Waals surface area contributed by atoms with E-state index in [1.807, 2.05) is 48.7 Å². The second-order valence-corrected chi connectivity index (χ2v) is 6.27. The van der Waals surface area contributed by atoms with Crippen LogP contribution in [0.3, 0.4) is 0 Å². The van der Waals surface area contributed by atoms with Gasteiger partial charge in [-0.05, 0) is 29.7 Å². The number of hydrogen-bond acceptors (Lipinski definition) is 5. The van der Waals surface area contributed by atoms with Gasteiger partial charge in [0.25, 0.3) is 5.91 Å². The average Bonchev–Trinajstić information content (AvgIpc) is 3.38. The van der Waals surface area contributed by atoms with E-state index >= 15 is 0 Å². The van der Waals surface area contributed by atoms with Crippen molar-refractivity contribution in [3.8, 4) is 0 Å².